The van der Waals surface area contributed by atoms with Crippen LogP contribution in [0.1, 0.15) is 30.6 Å². The van der Waals surface area contributed by atoms with Crippen molar-refractivity contribution in [2.45, 2.75) is 32.4 Å². The molecule has 0 radical (unpaired) electrons. The number of amides is 1. The highest BCUT2D eigenvalue weighted by molar-refractivity contribution is 6.06. The molecule has 0 N–H and O–H groups in total. The van der Waals surface area contributed by atoms with Crippen molar-refractivity contribution in [3.05, 3.63) is 54.0 Å². The van der Waals surface area contributed by atoms with Crippen molar-refractivity contribution in [2.24, 2.45) is 0 Å². The van der Waals surface area contributed by atoms with Crippen LogP contribution < -0.4 is 9.64 Å². The number of anilines is 1. The molecule has 1 aromatic heterocycles. The van der Waals surface area contributed by atoms with Crippen LogP contribution in [0.15, 0.2) is 42.6 Å². The SMILES string of the molecule is CC(C)N(C(=O)c1ccnc(O[C@@H]2CCOC2)c1)c1ccc(F)cc1. The van der Waals surface area contributed by atoms with Crippen molar-refractivity contribution in [1.29, 1.82) is 0 Å². The Kier molecular flexibility index (Phi) is 5.28. The zero-order valence-corrected chi connectivity index (χ0v) is 14.3. The molecule has 1 amide bonds. The van der Waals surface area contributed by atoms with Crippen molar-refractivity contribution in [3.8, 4) is 5.88 Å². The summed E-state index contributed by atoms with van der Waals surface area (Å²) >= 11 is 0. The maximum atomic E-state index is 13.2. The fraction of sp³-hybridized carbons (Fsp3) is 0.368. The smallest absolute Gasteiger partial charge is 0.258 e. The van der Waals surface area contributed by atoms with Gasteiger partial charge in [-0.05, 0) is 44.2 Å². The molecule has 0 aliphatic carbocycles. The van der Waals surface area contributed by atoms with Crippen LogP contribution in [0.2, 0.25) is 0 Å². The average molecular weight is 344 g/mol. The van der Waals surface area contributed by atoms with Gasteiger partial charge in [-0.25, -0.2) is 9.37 Å². The first-order valence-electron chi connectivity index (χ1n) is 8.34. The Morgan fingerprint density at radius 1 is 1.32 bits per heavy atom. The predicted molar refractivity (Wildman–Crippen MR) is 92.4 cm³/mol. The molecule has 0 saturated carbocycles. The van der Waals surface area contributed by atoms with E-state index in [1.807, 2.05) is 13.8 Å². The van der Waals surface area contributed by atoms with E-state index in [-0.39, 0.29) is 23.9 Å². The molecule has 1 aliphatic rings. The number of pyridine rings is 1. The zero-order valence-electron chi connectivity index (χ0n) is 14.3. The van der Waals surface area contributed by atoms with Gasteiger partial charge in [-0.2, -0.15) is 0 Å². The second-order valence-corrected chi connectivity index (χ2v) is 6.23. The van der Waals surface area contributed by atoms with Gasteiger partial charge >= 0.3 is 0 Å². The first kappa shape index (κ1) is 17.4. The van der Waals surface area contributed by atoms with Crippen LogP contribution in [0.25, 0.3) is 0 Å². The van der Waals surface area contributed by atoms with Gasteiger partial charge in [0.15, 0.2) is 0 Å². The number of rotatable bonds is 5. The molecule has 132 valence electrons. The zero-order chi connectivity index (χ0) is 17.8. The number of ether oxygens (including phenoxy) is 2. The summed E-state index contributed by atoms with van der Waals surface area (Å²) < 4.78 is 24.2. The number of benzene rings is 1. The molecule has 1 aliphatic heterocycles. The van der Waals surface area contributed by atoms with Crippen LogP contribution in [0, 0.1) is 5.82 Å². The minimum absolute atomic E-state index is 0.0313. The number of carbonyl (C=O) groups excluding carboxylic acids is 1. The van der Waals surface area contributed by atoms with Crippen molar-refractivity contribution in [1.82, 2.24) is 4.98 Å². The largest absolute Gasteiger partial charge is 0.472 e. The van der Waals surface area contributed by atoms with Gasteiger partial charge in [-0.1, -0.05) is 0 Å². The van der Waals surface area contributed by atoms with Gasteiger partial charge in [-0.15, -0.1) is 0 Å². The third kappa shape index (κ3) is 4.14. The molecule has 25 heavy (non-hydrogen) atoms. The van der Waals surface area contributed by atoms with Gasteiger partial charge in [0.1, 0.15) is 11.9 Å². The molecule has 5 nitrogen and oxygen atoms in total. The van der Waals surface area contributed by atoms with Crippen LogP contribution in [-0.2, 0) is 4.74 Å². The summed E-state index contributed by atoms with van der Waals surface area (Å²) in [5, 5.41) is 0. The molecule has 1 fully saturated rings. The summed E-state index contributed by atoms with van der Waals surface area (Å²) in [6, 6.07) is 9.10. The van der Waals surface area contributed by atoms with Gasteiger partial charge in [0.2, 0.25) is 5.88 Å². The molecular weight excluding hydrogens is 323 g/mol. The standard InChI is InChI=1S/C19H21FN2O3/c1-13(2)22(16-5-3-15(20)4-6-16)19(23)14-7-9-21-18(11-14)25-17-8-10-24-12-17/h3-7,9,11,13,17H,8,10,12H2,1-2H3/t17-/m1/s1. The molecule has 1 aromatic carbocycles. The van der Waals surface area contributed by atoms with E-state index < -0.39 is 0 Å². The van der Waals surface area contributed by atoms with Crippen molar-refractivity contribution < 1.29 is 18.7 Å². The molecular formula is C19H21FN2O3. The molecule has 0 bridgehead atoms. The summed E-state index contributed by atoms with van der Waals surface area (Å²) in [7, 11) is 0. The third-order valence-corrected chi connectivity index (χ3v) is 4.00. The highest BCUT2D eigenvalue weighted by Crippen LogP contribution is 2.22. The van der Waals surface area contributed by atoms with E-state index in [0.29, 0.717) is 30.3 Å². The normalized spacial score (nSPS) is 16.9. The average Bonchev–Trinajstić information content (AvgIpc) is 3.09. The predicted octanol–water partition coefficient (Wildman–Crippen LogP) is 3.44. The lowest BCUT2D eigenvalue weighted by molar-refractivity contribution is 0.0978. The van der Waals surface area contributed by atoms with Crippen molar-refractivity contribution >= 4 is 11.6 Å². The lowest BCUT2D eigenvalue weighted by atomic mass is 10.1. The summed E-state index contributed by atoms with van der Waals surface area (Å²) in [5.41, 5.74) is 1.12. The van der Waals surface area contributed by atoms with E-state index in [0.717, 1.165) is 6.42 Å². The van der Waals surface area contributed by atoms with Crippen molar-refractivity contribution in [3.63, 3.8) is 0 Å². The number of carbonyl (C=O) groups is 1. The molecule has 1 saturated heterocycles. The monoisotopic (exact) mass is 344 g/mol. The van der Waals surface area contributed by atoms with E-state index in [1.165, 1.54) is 12.1 Å². The highest BCUT2D eigenvalue weighted by Gasteiger charge is 2.23. The number of hydrogen-bond acceptors (Lipinski definition) is 4. The van der Waals surface area contributed by atoms with Gasteiger partial charge in [0, 0.05) is 36.0 Å². The van der Waals surface area contributed by atoms with Crippen molar-refractivity contribution in [2.75, 3.05) is 18.1 Å². The van der Waals surface area contributed by atoms with Crippen LogP contribution in [0.4, 0.5) is 10.1 Å². The van der Waals surface area contributed by atoms with E-state index in [4.69, 9.17) is 9.47 Å². The minimum Gasteiger partial charge on any atom is -0.472 e. The molecule has 6 heteroatoms. The molecule has 2 heterocycles. The minimum atomic E-state index is -0.335. The lowest BCUT2D eigenvalue weighted by Crippen LogP contribution is -2.37. The molecule has 2 aromatic rings. The lowest BCUT2D eigenvalue weighted by Gasteiger charge is -2.27. The van der Waals surface area contributed by atoms with Gasteiger partial charge in [0.25, 0.3) is 5.91 Å². The molecule has 0 unspecified atom stereocenters. The Bertz CT molecular complexity index is 728. The first-order chi connectivity index (χ1) is 12.0. The topological polar surface area (TPSA) is 51.7 Å². The number of hydrogen-bond donors (Lipinski definition) is 0. The first-order valence-corrected chi connectivity index (χ1v) is 8.34. The maximum absolute atomic E-state index is 13.2. The summed E-state index contributed by atoms with van der Waals surface area (Å²) in [6.45, 7) is 5.04. The van der Waals surface area contributed by atoms with Crippen LogP contribution in [0.3, 0.4) is 0 Å². The second kappa shape index (κ2) is 7.61. The van der Waals surface area contributed by atoms with E-state index in [1.54, 1.807) is 35.4 Å². The Balaban J connectivity index is 1.83. The highest BCUT2D eigenvalue weighted by atomic mass is 19.1. The van der Waals surface area contributed by atoms with E-state index in [9.17, 15) is 9.18 Å². The Morgan fingerprint density at radius 3 is 2.72 bits per heavy atom. The fourth-order valence-corrected chi connectivity index (χ4v) is 2.77. The van der Waals surface area contributed by atoms with Gasteiger partial charge in [-0.3, -0.25) is 4.79 Å². The summed E-state index contributed by atoms with van der Waals surface area (Å²) in [5.74, 6) is -0.112. The summed E-state index contributed by atoms with van der Waals surface area (Å²) in [4.78, 5) is 18.8. The number of aromatic nitrogens is 1. The number of halogens is 1. The van der Waals surface area contributed by atoms with E-state index >= 15 is 0 Å². The Morgan fingerprint density at radius 2 is 2.08 bits per heavy atom. The fourth-order valence-electron chi connectivity index (χ4n) is 2.77. The van der Waals surface area contributed by atoms with Gasteiger partial charge in [0.05, 0.1) is 13.2 Å². The van der Waals surface area contributed by atoms with Gasteiger partial charge < -0.3 is 14.4 Å². The quantitative estimate of drug-likeness (QED) is 0.834. The van der Waals surface area contributed by atoms with Crippen LogP contribution in [-0.4, -0.2) is 36.3 Å². The summed E-state index contributed by atoms with van der Waals surface area (Å²) in [6.07, 6.45) is 2.34. The number of nitrogens with zero attached hydrogens (tertiary/aromatic N) is 2. The molecule has 1 atom stereocenters. The second-order valence-electron chi connectivity index (χ2n) is 6.23. The third-order valence-electron chi connectivity index (χ3n) is 4.00. The van der Waals surface area contributed by atoms with E-state index in [2.05, 4.69) is 4.98 Å². The van der Waals surface area contributed by atoms with Crippen LogP contribution in [0.5, 0.6) is 5.88 Å². The molecule has 3 rings (SSSR count). The molecule has 0 spiro atoms. The Hall–Kier alpha value is -2.47. The maximum Gasteiger partial charge on any atom is 0.258 e. The Labute approximate surface area is 146 Å². The van der Waals surface area contributed by atoms with Crippen LogP contribution >= 0.6 is 0 Å².